The van der Waals surface area contributed by atoms with Crippen molar-refractivity contribution in [1.29, 1.82) is 0 Å². The van der Waals surface area contributed by atoms with Gasteiger partial charge in [-0.3, -0.25) is 4.79 Å². The molecule has 162 valence electrons. The van der Waals surface area contributed by atoms with Crippen LogP contribution in [-0.4, -0.2) is 56.7 Å². The Balaban J connectivity index is 1.42. The molecule has 0 atom stereocenters. The summed E-state index contributed by atoms with van der Waals surface area (Å²) in [5, 5.41) is 5.59. The second-order valence-corrected chi connectivity index (χ2v) is 8.87. The van der Waals surface area contributed by atoms with E-state index in [9.17, 15) is 4.79 Å². The van der Waals surface area contributed by atoms with Crippen LogP contribution in [0.5, 0.6) is 0 Å². The molecule has 1 aliphatic carbocycles. The Kier molecular flexibility index (Phi) is 5.34. The number of aryl methyl sites for hydroxylation is 2. The van der Waals surface area contributed by atoms with E-state index in [-0.39, 0.29) is 5.92 Å². The first-order chi connectivity index (χ1) is 15.1. The summed E-state index contributed by atoms with van der Waals surface area (Å²) in [4.78, 5) is 26.8. The third-order valence-electron chi connectivity index (χ3n) is 6.61. The Bertz CT molecular complexity index is 1080. The number of anilines is 1. The first-order valence-corrected chi connectivity index (χ1v) is 11.4. The maximum absolute atomic E-state index is 12.9. The second kappa shape index (κ2) is 8.29. The molecule has 1 saturated carbocycles. The quantitative estimate of drug-likeness (QED) is 0.649. The van der Waals surface area contributed by atoms with Gasteiger partial charge in [0.05, 0.1) is 17.3 Å². The molecule has 3 aromatic rings. The van der Waals surface area contributed by atoms with E-state index in [1.807, 2.05) is 17.8 Å². The van der Waals surface area contributed by atoms with E-state index in [4.69, 9.17) is 9.97 Å². The van der Waals surface area contributed by atoms with E-state index in [0.717, 1.165) is 73.8 Å². The van der Waals surface area contributed by atoms with E-state index in [1.54, 1.807) is 0 Å². The Labute approximate surface area is 183 Å². The average Bonchev–Trinajstić information content (AvgIpc) is 3.38. The molecule has 0 unspecified atom stereocenters. The fourth-order valence-electron chi connectivity index (χ4n) is 4.90. The molecule has 1 aromatic carbocycles. The molecule has 2 aliphatic rings. The number of benzene rings is 1. The number of rotatable bonds is 3. The van der Waals surface area contributed by atoms with Crippen molar-refractivity contribution in [3.63, 3.8) is 0 Å². The molecule has 1 saturated heterocycles. The fourth-order valence-corrected chi connectivity index (χ4v) is 4.90. The molecule has 2 aromatic heterocycles. The molecule has 0 radical (unpaired) electrons. The number of fused-ring (bicyclic) bond motifs is 1. The number of carbonyl (C=O) groups is 1. The van der Waals surface area contributed by atoms with Crippen LogP contribution in [0.2, 0.25) is 0 Å². The maximum Gasteiger partial charge on any atom is 0.225 e. The molecule has 7 heteroatoms. The molecule has 1 aliphatic heterocycles. The summed E-state index contributed by atoms with van der Waals surface area (Å²) in [6.45, 7) is 7.28. The lowest BCUT2D eigenvalue weighted by Gasteiger charge is -2.25. The van der Waals surface area contributed by atoms with Gasteiger partial charge in [-0.25, -0.2) is 14.6 Å². The van der Waals surface area contributed by atoms with E-state index >= 15 is 0 Å². The van der Waals surface area contributed by atoms with Gasteiger partial charge >= 0.3 is 0 Å². The molecule has 0 bridgehead atoms. The molecule has 1 amide bonds. The van der Waals surface area contributed by atoms with Crippen molar-refractivity contribution in [3.8, 4) is 5.69 Å². The number of aromatic nitrogens is 4. The van der Waals surface area contributed by atoms with Crippen LogP contribution < -0.4 is 4.90 Å². The normalized spacial score (nSPS) is 18.0. The lowest BCUT2D eigenvalue weighted by atomic mass is 10.1. The number of hydrogen-bond donors (Lipinski definition) is 0. The van der Waals surface area contributed by atoms with Gasteiger partial charge in [0.1, 0.15) is 11.6 Å². The van der Waals surface area contributed by atoms with Crippen molar-refractivity contribution < 1.29 is 4.79 Å². The summed E-state index contributed by atoms with van der Waals surface area (Å²) in [6, 6.07) is 8.31. The highest BCUT2D eigenvalue weighted by Crippen LogP contribution is 2.29. The molecule has 31 heavy (non-hydrogen) atoms. The molecule has 0 spiro atoms. The van der Waals surface area contributed by atoms with Crippen LogP contribution in [0.3, 0.4) is 0 Å². The fraction of sp³-hybridized carbons (Fsp3) is 0.500. The van der Waals surface area contributed by atoms with Crippen LogP contribution in [0.15, 0.2) is 30.5 Å². The molecule has 0 N–H and O–H groups in total. The lowest BCUT2D eigenvalue weighted by molar-refractivity contribution is -0.135. The molecule has 2 fully saturated rings. The SMILES string of the molecule is Cc1ccc(-n2ncc3c(N4CCCN(C(=O)C5CCCC5)CC4)nc(C)nc32)cc1. The van der Waals surface area contributed by atoms with Gasteiger partial charge in [-0.15, -0.1) is 0 Å². The second-order valence-electron chi connectivity index (χ2n) is 8.87. The molecular weight excluding hydrogens is 388 g/mol. The van der Waals surface area contributed by atoms with Gasteiger partial charge in [0.25, 0.3) is 0 Å². The van der Waals surface area contributed by atoms with Gasteiger partial charge in [0, 0.05) is 32.1 Å². The number of nitrogens with zero attached hydrogens (tertiary/aromatic N) is 6. The third kappa shape index (κ3) is 3.89. The highest BCUT2D eigenvalue weighted by atomic mass is 16.2. The van der Waals surface area contributed by atoms with Gasteiger partial charge in [0.15, 0.2) is 5.65 Å². The summed E-state index contributed by atoms with van der Waals surface area (Å²) < 4.78 is 1.89. The van der Waals surface area contributed by atoms with Crippen molar-refractivity contribution in [2.75, 3.05) is 31.1 Å². The smallest absolute Gasteiger partial charge is 0.225 e. The molecule has 7 nitrogen and oxygen atoms in total. The summed E-state index contributed by atoms with van der Waals surface area (Å²) in [5.74, 6) is 2.26. The van der Waals surface area contributed by atoms with E-state index in [0.29, 0.717) is 5.91 Å². The number of hydrogen-bond acceptors (Lipinski definition) is 5. The summed E-state index contributed by atoms with van der Waals surface area (Å²) in [6.07, 6.45) is 7.33. The largest absolute Gasteiger partial charge is 0.354 e. The molecule has 3 heterocycles. The van der Waals surface area contributed by atoms with Gasteiger partial charge in [-0.1, -0.05) is 30.5 Å². The minimum atomic E-state index is 0.243. The van der Waals surface area contributed by atoms with Crippen molar-refractivity contribution in [2.24, 2.45) is 5.92 Å². The topological polar surface area (TPSA) is 67.2 Å². The first kappa shape index (κ1) is 20.0. The third-order valence-corrected chi connectivity index (χ3v) is 6.61. The predicted molar refractivity (Wildman–Crippen MR) is 122 cm³/mol. The van der Waals surface area contributed by atoms with Crippen molar-refractivity contribution in [2.45, 2.75) is 46.0 Å². The van der Waals surface area contributed by atoms with Crippen molar-refractivity contribution >= 4 is 22.8 Å². The maximum atomic E-state index is 12.9. The number of amides is 1. The monoisotopic (exact) mass is 418 g/mol. The average molecular weight is 419 g/mol. The van der Waals surface area contributed by atoms with Crippen LogP contribution in [0, 0.1) is 19.8 Å². The highest BCUT2D eigenvalue weighted by molar-refractivity contribution is 5.88. The predicted octanol–water partition coefficient (Wildman–Crippen LogP) is 3.66. The zero-order valence-corrected chi connectivity index (χ0v) is 18.4. The summed E-state index contributed by atoms with van der Waals surface area (Å²) in [7, 11) is 0. The van der Waals surface area contributed by atoms with Crippen LogP contribution in [0.4, 0.5) is 5.82 Å². The van der Waals surface area contributed by atoms with Gasteiger partial charge in [-0.05, 0) is 45.2 Å². The zero-order chi connectivity index (χ0) is 21.4. The van der Waals surface area contributed by atoms with E-state index in [2.05, 4.69) is 46.1 Å². The van der Waals surface area contributed by atoms with Gasteiger partial charge in [-0.2, -0.15) is 5.10 Å². The lowest BCUT2D eigenvalue weighted by Crippen LogP contribution is -2.38. The Hall–Kier alpha value is -2.96. The molecule has 5 rings (SSSR count). The van der Waals surface area contributed by atoms with E-state index in [1.165, 1.54) is 18.4 Å². The standard InChI is InChI=1S/C24H30N6O/c1-17-8-10-20(11-9-17)30-23-21(16-25-30)22(26-18(2)27-23)28-12-5-13-29(15-14-28)24(31)19-6-3-4-7-19/h8-11,16,19H,3-7,12-15H2,1-2H3. The molecular formula is C24H30N6O. The van der Waals surface area contributed by atoms with Crippen LogP contribution in [0.1, 0.15) is 43.5 Å². The first-order valence-electron chi connectivity index (χ1n) is 11.4. The Morgan fingerprint density at radius 3 is 2.48 bits per heavy atom. The minimum Gasteiger partial charge on any atom is -0.354 e. The minimum absolute atomic E-state index is 0.243. The van der Waals surface area contributed by atoms with Gasteiger partial charge in [0.2, 0.25) is 5.91 Å². The summed E-state index contributed by atoms with van der Waals surface area (Å²) in [5.41, 5.74) is 3.04. The Morgan fingerprint density at radius 2 is 1.71 bits per heavy atom. The number of carbonyl (C=O) groups excluding carboxylic acids is 1. The Morgan fingerprint density at radius 1 is 0.935 bits per heavy atom. The van der Waals surface area contributed by atoms with Gasteiger partial charge < -0.3 is 9.80 Å². The highest BCUT2D eigenvalue weighted by Gasteiger charge is 2.29. The van der Waals surface area contributed by atoms with Crippen molar-refractivity contribution in [1.82, 2.24) is 24.6 Å². The van der Waals surface area contributed by atoms with Crippen molar-refractivity contribution in [3.05, 3.63) is 41.9 Å². The van der Waals surface area contributed by atoms with Crippen LogP contribution in [0.25, 0.3) is 16.7 Å². The summed E-state index contributed by atoms with van der Waals surface area (Å²) >= 11 is 0. The van der Waals surface area contributed by atoms with Crippen LogP contribution in [-0.2, 0) is 4.79 Å². The van der Waals surface area contributed by atoms with Crippen LogP contribution >= 0.6 is 0 Å². The van der Waals surface area contributed by atoms with E-state index < -0.39 is 0 Å². The zero-order valence-electron chi connectivity index (χ0n) is 18.4.